The largest absolute Gasteiger partial charge is 0.495 e. The molecule has 27 heavy (non-hydrogen) atoms. The number of nitro benzene ring substituents is 1. The highest BCUT2D eigenvalue weighted by Crippen LogP contribution is 2.38. The third-order valence-electron chi connectivity index (χ3n) is 4.82. The van der Waals surface area contributed by atoms with Crippen molar-refractivity contribution in [3.8, 4) is 5.75 Å². The number of nitrogens with zero attached hydrogens (tertiary/aromatic N) is 5. The van der Waals surface area contributed by atoms with E-state index in [1.165, 1.54) is 18.2 Å². The van der Waals surface area contributed by atoms with Gasteiger partial charge >= 0.3 is 0 Å². The van der Waals surface area contributed by atoms with Crippen LogP contribution in [0.1, 0.15) is 24.1 Å². The summed E-state index contributed by atoms with van der Waals surface area (Å²) in [6.45, 7) is 1.31. The molecular weight excluding hydrogens is 414 g/mol. The summed E-state index contributed by atoms with van der Waals surface area (Å²) in [5, 5.41) is 15.7. The zero-order valence-electron chi connectivity index (χ0n) is 14.8. The van der Waals surface area contributed by atoms with Gasteiger partial charge in [0, 0.05) is 36.1 Å². The summed E-state index contributed by atoms with van der Waals surface area (Å²) in [5.41, 5.74) is 3.78. The monoisotopic (exact) mass is 431 g/mol. The Labute approximate surface area is 164 Å². The van der Waals surface area contributed by atoms with E-state index in [0.717, 1.165) is 30.7 Å². The number of hydrogen-bond acceptors (Lipinski definition) is 6. The molecular formula is C18H18BrN5O3. The summed E-state index contributed by atoms with van der Waals surface area (Å²) < 4.78 is 7.84. The van der Waals surface area contributed by atoms with Gasteiger partial charge in [0.05, 0.1) is 34.1 Å². The van der Waals surface area contributed by atoms with Crippen LogP contribution in [0.25, 0.3) is 0 Å². The van der Waals surface area contributed by atoms with Crippen LogP contribution in [0.5, 0.6) is 5.75 Å². The fourth-order valence-corrected chi connectivity index (χ4v) is 3.91. The minimum absolute atomic E-state index is 0.0142. The van der Waals surface area contributed by atoms with Crippen LogP contribution in [-0.4, -0.2) is 34.2 Å². The smallest absolute Gasteiger partial charge is 0.285 e. The van der Waals surface area contributed by atoms with Gasteiger partial charge in [-0.25, -0.2) is 0 Å². The first-order valence-corrected chi connectivity index (χ1v) is 9.44. The molecule has 0 N–H and O–H groups in total. The highest BCUT2D eigenvalue weighted by molar-refractivity contribution is 9.10. The summed E-state index contributed by atoms with van der Waals surface area (Å²) in [5.74, 6) is 0.540. The van der Waals surface area contributed by atoms with Gasteiger partial charge in [0.1, 0.15) is 12.4 Å². The maximum atomic E-state index is 11.3. The minimum Gasteiger partial charge on any atom is -0.495 e. The Morgan fingerprint density at radius 2 is 2.19 bits per heavy atom. The molecule has 2 aliphatic heterocycles. The molecule has 3 heterocycles. The average molecular weight is 432 g/mol. The number of halogens is 1. The summed E-state index contributed by atoms with van der Waals surface area (Å²) in [6.07, 6.45) is 9.02. The van der Waals surface area contributed by atoms with Gasteiger partial charge in [0.15, 0.2) is 0 Å². The Morgan fingerprint density at radius 1 is 1.33 bits per heavy atom. The van der Waals surface area contributed by atoms with E-state index in [-0.39, 0.29) is 5.69 Å². The number of ether oxygens (including phenoxy) is 1. The van der Waals surface area contributed by atoms with Crippen molar-refractivity contribution in [3.63, 3.8) is 0 Å². The van der Waals surface area contributed by atoms with Crippen LogP contribution < -0.4 is 9.64 Å². The predicted molar refractivity (Wildman–Crippen MR) is 106 cm³/mol. The standard InChI is InChI=1S/C18H18BrN5O3/c1-27-18-8-13(19)16(24(25)26)9-17(18)22-7-5-14(20-11-22)12-10-21-23-6-3-2-4-15(12)23/h5,7-10H,2-4,6,11H2,1H3. The number of aromatic nitrogens is 2. The number of benzene rings is 1. The maximum Gasteiger partial charge on any atom is 0.285 e. The van der Waals surface area contributed by atoms with E-state index in [1.807, 2.05) is 23.4 Å². The van der Waals surface area contributed by atoms with E-state index < -0.39 is 4.92 Å². The molecule has 0 bridgehead atoms. The van der Waals surface area contributed by atoms with E-state index in [0.29, 0.717) is 22.6 Å². The molecule has 8 nitrogen and oxygen atoms in total. The zero-order valence-corrected chi connectivity index (χ0v) is 16.3. The highest BCUT2D eigenvalue weighted by Gasteiger charge is 2.23. The van der Waals surface area contributed by atoms with Gasteiger partial charge in [-0.2, -0.15) is 5.10 Å². The van der Waals surface area contributed by atoms with Crippen LogP contribution in [0.15, 0.2) is 40.1 Å². The number of fused-ring (bicyclic) bond motifs is 1. The van der Waals surface area contributed by atoms with Crippen molar-refractivity contribution in [2.24, 2.45) is 4.99 Å². The molecule has 0 unspecified atom stereocenters. The quantitative estimate of drug-likeness (QED) is 0.544. The van der Waals surface area contributed by atoms with Crippen LogP contribution >= 0.6 is 15.9 Å². The molecule has 0 saturated carbocycles. The topological polar surface area (TPSA) is 85.8 Å². The fourth-order valence-electron chi connectivity index (χ4n) is 3.44. The molecule has 0 fully saturated rings. The maximum absolute atomic E-state index is 11.3. The molecule has 9 heteroatoms. The normalized spacial score (nSPS) is 16.1. The number of anilines is 1. The molecule has 0 atom stereocenters. The second kappa shape index (κ2) is 7.15. The Kier molecular flexibility index (Phi) is 4.69. The lowest BCUT2D eigenvalue weighted by molar-refractivity contribution is -0.385. The van der Waals surface area contributed by atoms with Crippen molar-refractivity contribution >= 4 is 33.0 Å². The Bertz CT molecular complexity index is 966. The molecule has 4 rings (SSSR count). The van der Waals surface area contributed by atoms with Crippen molar-refractivity contribution < 1.29 is 9.66 Å². The van der Waals surface area contributed by atoms with E-state index >= 15 is 0 Å². The van der Waals surface area contributed by atoms with Crippen molar-refractivity contribution in [1.29, 1.82) is 0 Å². The molecule has 0 radical (unpaired) electrons. The van der Waals surface area contributed by atoms with Gasteiger partial charge in [0.25, 0.3) is 5.69 Å². The Morgan fingerprint density at radius 3 is 2.89 bits per heavy atom. The van der Waals surface area contributed by atoms with E-state index in [9.17, 15) is 10.1 Å². The van der Waals surface area contributed by atoms with Gasteiger partial charge in [-0.3, -0.25) is 19.8 Å². The summed E-state index contributed by atoms with van der Waals surface area (Å²) in [4.78, 5) is 17.3. The average Bonchev–Trinajstić information content (AvgIpc) is 3.12. The lowest BCUT2D eigenvalue weighted by atomic mass is 10.0. The molecule has 0 saturated heterocycles. The van der Waals surface area contributed by atoms with Crippen LogP contribution in [-0.2, 0) is 13.0 Å². The van der Waals surface area contributed by atoms with Crippen LogP contribution in [0, 0.1) is 10.1 Å². The van der Waals surface area contributed by atoms with Crippen LogP contribution in [0.2, 0.25) is 0 Å². The van der Waals surface area contributed by atoms with E-state index in [1.54, 1.807) is 13.2 Å². The second-order valence-electron chi connectivity index (χ2n) is 6.39. The van der Waals surface area contributed by atoms with Crippen molar-refractivity contribution in [2.45, 2.75) is 25.8 Å². The minimum atomic E-state index is -0.422. The molecule has 0 spiro atoms. The Hall–Kier alpha value is -2.68. The third-order valence-corrected chi connectivity index (χ3v) is 5.45. The number of hydrogen-bond donors (Lipinski definition) is 0. The number of methoxy groups -OCH3 is 1. The zero-order chi connectivity index (χ0) is 19.0. The molecule has 1 aromatic carbocycles. The van der Waals surface area contributed by atoms with Crippen molar-refractivity contribution in [3.05, 3.63) is 56.4 Å². The van der Waals surface area contributed by atoms with Crippen molar-refractivity contribution in [2.75, 3.05) is 18.7 Å². The second-order valence-corrected chi connectivity index (χ2v) is 7.24. The van der Waals surface area contributed by atoms with Crippen LogP contribution in [0.3, 0.4) is 0 Å². The third kappa shape index (κ3) is 3.23. The van der Waals surface area contributed by atoms with E-state index in [2.05, 4.69) is 30.7 Å². The lowest BCUT2D eigenvalue weighted by Gasteiger charge is -2.24. The molecule has 0 amide bonds. The number of allylic oxidation sites excluding steroid dienone is 1. The first kappa shape index (κ1) is 17.7. The molecule has 2 aliphatic rings. The lowest BCUT2D eigenvalue weighted by Crippen LogP contribution is -2.23. The summed E-state index contributed by atoms with van der Waals surface area (Å²) >= 11 is 3.22. The highest BCUT2D eigenvalue weighted by atomic mass is 79.9. The predicted octanol–water partition coefficient (Wildman–Crippen LogP) is 3.68. The van der Waals surface area contributed by atoms with Gasteiger partial charge in [-0.1, -0.05) is 0 Å². The number of rotatable bonds is 4. The summed E-state index contributed by atoms with van der Waals surface area (Å²) in [6, 6.07) is 3.10. The SMILES string of the molecule is COc1cc(Br)c([N+](=O)[O-])cc1N1C=CC(c2cnn3c2CCCC3)=NC1. The number of aliphatic imine (C=N–C) groups is 1. The van der Waals surface area contributed by atoms with Crippen molar-refractivity contribution in [1.82, 2.24) is 9.78 Å². The van der Waals surface area contributed by atoms with Gasteiger partial charge in [-0.15, -0.1) is 0 Å². The fraction of sp³-hybridized carbons (Fsp3) is 0.333. The Balaban J connectivity index is 1.63. The van der Waals surface area contributed by atoms with E-state index in [4.69, 9.17) is 4.74 Å². The molecule has 2 aromatic rings. The van der Waals surface area contributed by atoms with Gasteiger partial charge < -0.3 is 9.64 Å². The molecule has 140 valence electrons. The summed E-state index contributed by atoms with van der Waals surface area (Å²) in [7, 11) is 1.54. The van der Waals surface area contributed by atoms with Gasteiger partial charge in [-0.05, 0) is 41.3 Å². The van der Waals surface area contributed by atoms with Crippen LogP contribution in [0.4, 0.5) is 11.4 Å². The molecule has 1 aromatic heterocycles. The number of nitro groups is 1. The first-order chi connectivity index (χ1) is 13.1. The van der Waals surface area contributed by atoms with Gasteiger partial charge in [0.2, 0.25) is 0 Å². The molecule has 0 aliphatic carbocycles. The first-order valence-electron chi connectivity index (χ1n) is 8.64. The number of aryl methyl sites for hydroxylation is 1.